The Morgan fingerprint density at radius 3 is 2.70 bits per heavy atom. The zero-order chi connectivity index (χ0) is 19.4. The molecule has 0 aromatic heterocycles. The smallest absolute Gasteiger partial charge is 0.279 e. The van der Waals surface area contributed by atoms with E-state index in [4.69, 9.17) is 4.74 Å². The van der Waals surface area contributed by atoms with Crippen LogP contribution >= 0.6 is 0 Å². The van der Waals surface area contributed by atoms with Crippen molar-refractivity contribution < 1.29 is 14.3 Å². The molecule has 1 heterocycles. The topological polar surface area (TPSA) is 71.0 Å². The van der Waals surface area contributed by atoms with Crippen LogP contribution < -0.4 is 15.1 Å². The van der Waals surface area contributed by atoms with Crippen molar-refractivity contribution in [3.05, 3.63) is 23.8 Å². The molecule has 27 heavy (non-hydrogen) atoms. The van der Waals surface area contributed by atoms with Gasteiger partial charge in [-0.3, -0.25) is 9.59 Å². The number of nitrogens with zero attached hydrogens (tertiary/aromatic N) is 2. The van der Waals surface area contributed by atoms with Crippen molar-refractivity contribution in [2.75, 3.05) is 18.6 Å². The van der Waals surface area contributed by atoms with Crippen molar-refractivity contribution >= 4 is 23.2 Å². The summed E-state index contributed by atoms with van der Waals surface area (Å²) >= 11 is 0. The quantitative estimate of drug-likeness (QED) is 0.778. The number of ether oxygens (including phenoxy) is 1. The van der Waals surface area contributed by atoms with E-state index in [-0.39, 0.29) is 17.7 Å². The minimum atomic E-state index is -0.175. The Morgan fingerprint density at radius 1 is 1.30 bits per heavy atom. The molecule has 1 N–H and O–H groups in total. The van der Waals surface area contributed by atoms with Crippen molar-refractivity contribution in [3.8, 4) is 5.75 Å². The lowest BCUT2D eigenvalue weighted by Crippen LogP contribution is -2.36. The van der Waals surface area contributed by atoms with E-state index in [1.807, 2.05) is 32.0 Å². The third-order valence-electron chi connectivity index (χ3n) is 5.25. The maximum Gasteiger partial charge on any atom is 0.279 e. The SMILES string of the molecule is COc1ccc2c(c1)N(CC1CCCCC1)C(=O)C2=NNC(=O)CC(C)C. The van der Waals surface area contributed by atoms with Crippen LogP contribution in [-0.2, 0) is 9.59 Å². The number of fused-ring (bicyclic) bond motifs is 1. The minimum absolute atomic E-state index is 0.145. The molecule has 6 heteroatoms. The summed E-state index contributed by atoms with van der Waals surface area (Å²) in [4.78, 5) is 26.8. The lowest BCUT2D eigenvalue weighted by molar-refractivity contribution is -0.121. The van der Waals surface area contributed by atoms with Crippen molar-refractivity contribution in [3.63, 3.8) is 0 Å². The highest BCUT2D eigenvalue weighted by molar-refractivity contribution is 6.54. The Bertz CT molecular complexity index is 736. The van der Waals surface area contributed by atoms with E-state index in [1.54, 1.807) is 12.0 Å². The van der Waals surface area contributed by atoms with Crippen LogP contribution in [0.25, 0.3) is 0 Å². The van der Waals surface area contributed by atoms with E-state index in [0.717, 1.165) is 24.1 Å². The van der Waals surface area contributed by atoms with Gasteiger partial charge in [0.1, 0.15) is 5.75 Å². The molecule has 2 amide bonds. The molecule has 2 aliphatic rings. The van der Waals surface area contributed by atoms with Gasteiger partial charge in [0.2, 0.25) is 5.91 Å². The Morgan fingerprint density at radius 2 is 2.04 bits per heavy atom. The van der Waals surface area contributed by atoms with Gasteiger partial charge in [-0.15, -0.1) is 0 Å². The third-order valence-corrected chi connectivity index (χ3v) is 5.25. The van der Waals surface area contributed by atoms with Gasteiger partial charge in [-0.25, -0.2) is 5.43 Å². The first-order chi connectivity index (χ1) is 13.0. The van der Waals surface area contributed by atoms with Crippen LogP contribution in [0.4, 0.5) is 5.69 Å². The molecule has 1 fully saturated rings. The number of carbonyl (C=O) groups excluding carboxylic acids is 2. The van der Waals surface area contributed by atoms with Crippen LogP contribution in [0.3, 0.4) is 0 Å². The van der Waals surface area contributed by atoms with Gasteiger partial charge < -0.3 is 9.64 Å². The van der Waals surface area contributed by atoms with Gasteiger partial charge in [-0.1, -0.05) is 33.1 Å². The van der Waals surface area contributed by atoms with Crippen molar-refractivity contribution in [1.29, 1.82) is 0 Å². The van der Waals surface area contributed by atoms with Crippen LogP contribution in [0, 0.1) is 11.8 Å². The predicted octanol–water partition coefficient (Wildman–Crippen LogP) is 3.49. The lowest BCUT2D eigenvalue weighted by Gasteiger charge is -2.27. The number of rotatable bonds is 6. The largest absolute Gasteiger partial charge is 0.497 e. The summed E-state index contributed by atoms with van der Waals surface area (Å²) < 4.78 is 5.34. The van der Waals surface area contributed by atoms with E-state index in [9.17, 15) is 9.59 Å². The number of nitrogens with one attached hydrogen (secondary N) is 1. The number of carbonyl (C=O) groups is 2. The number of hydrogen-bond donors (Lipinski definition) is 1. The molecule has 1 saturated carbocycles. The lowest BCUT2D eigenvalue weighted by atomic mass is 9.89. The normalized spacial score (nSPS) is 18.9. The number of benzene rings is 1. The second-order valence-electron chi connectivity index (χ2n) is 7.90. The van der Waals surface area contributed by atoms with Crippen molar-refractivity contribution in [1.82, 2.24) is 5.43 Å². The second kappa shape index (κ2) is 8.55. The van der Waals surface area contributed by atoms with Crippen molar-refractivity contribution in [2.45, 2.75) is 52.4 Å². The molecule has 1 aliphatic heterocycles. The minimum Gasteiger partial charge on any atom is -0.497 e. The summed E-state index contributed by atoms with van der Waals surface area (Å²) in [7, 11) is 1.62. The highest BCUT2D eigenvalue weighted by atomic mass is 16.5. The summed E-state index contributed by atoms with van der Waals surface area (Å²) in [5.74, 6) is 1.14. The molecule has 3 rings (SSSR count). The monoisotopic (exact) mass is 371 g/mol. The number of methoxy groups -OCH3 is 1. The standard InChI is InChI=1S/C21H29N3O3/c1-14(2)11-19(25)22-23-20-17-10-9-16(27-3)12-18(17)24(21(20)26)13-15-7-5-4-6-8-15/h9-10,12,14-15H,4-8,11,13H2,1-3H3,(H,22,25). The average Bonchev–Trinajstić information content (AvgIpc) is 2.91. The Balaban J connectivity index is 1.85. The average molecular weight is 371 g/mol. The highest BCUT2D eigenvalue weighted by Gasteiger charge is 2.36. The summed E-state index contributed by atoms with van der Waals surface area (Å²) in [5.41, 5.74) is 4.43. The first kappa shape index (κ1) is 19.4. The zero-order valence-corrected chi connectivity index (χ0v) is 16.5. The number of amides is 2. The molecule has 0 atom stereocenters. The molecule has 1 aliphatic carbocycles. The van der Waals surface area contributed by atoms with E-state index >= 15 is 0 Å². The molecule has 1 aromatic rings. The van der Waals surface area contributed by atoms with Gasteiger partial charge in [0.25, 0.3) is 5.91 Å². The molecule has 0 radical (unpaired) electrons. The van der Waals surface area contributed by atoms with Crippen molar-refractivity contribution in [2.24, 2.45) is 16.9 Å². The Hall–Kier alpha value is -2.37. The van der Waals surface area contributed by atoms with Gasteiger partial charge in [0, 0.05) is 24.6 Å². The van der Waals surface area contributed by atoms with Gasteiger partial charge in [0.15, 0.2) is 5.71 Å². The van der Waals surface area contributed by atoms with Crippen LogP contribution in [0.2, 0.25) is 0 Å². The van der Waals surface area contributed by atoms with Gasteiger partial charge in [0.05, 0.1) is 12.8 Å². The zero-order valence-electron chi connectivity index (χ0n) is 16.5. The fourth-order valence-corrected chi connectivity index (χ4v) is 3.87. The number of hydrazone groups is 1. The fourth-order valence-electron chi connectivity index (χ4n) is 3.87. The molecule has 0 bridgehead atoms. The first-order valence-electron chi connectivity index (χ1n) is 9.86. The fraction of sp³-hybridized carbons (Fsp3) is 0.571. The number of anilines is 1. The van der Waals surface area contributed by atoms with Gasteiger partial charge in [-0.05, 0) is 36.8 Å². The van der Waals surface area contributed by atoms with E-state index in [0.29, 0.717) is 30.3 Å². The van der Waals surface area contributed by atoms with E-state index in [2.05, 4.69) is 10.5 Å². The Kier molecular flexibility index (Phi) is 6.14. The molecule has 1 aromatic carbocycles. The highest BCUT2D eigenvalue weighted by Crippen LogP contribution is 2.35. The summed E-state index contributed by atoms with van der Waals surface area (Å²) in [6.45, 7) is 4.64. The molecule has 0 saturated heterocycles. The van der Waals surface area contributed by atoms with Crippen LogP contribution in [0.5, 0.6) is 5.75 Å². The molecule has 6 nitrogen and oxygen atoms in total. The summed E-state index contributed by atoms with van der Waals surface area (Å²) in [6.07, 6.45) is 6.42. The van der Waals surface area contributed by atoms with Crippen LogP contribution in [0.1, 0.15) is 57.9 Å². The molecule has 146 valence electrons. The summed E-state index contributed by atoms with van der Waals surface area (Å²) in [5, 5.41) is 4.18. The van der Waals surface area contributed by atoms with E-state index < -0.39 is 0 Å². The summed E-state index contributed by atoms with van der Waals surface area (Å²) in [6, 6.07) is 5.55. The van der Waals surface area contributed by atoms with Crippen LogP contribution in [0.15, 0.2) is 23.3 Å². The molecule has 0 unspecified atom stereocenters. The molecular weight excluding hydrogens is 342 g/mol. The predicted molar refractivity (Wildman–Crippen MR) is 106 cm³/mol. The van der Waals surface area contributed by atoms with E-state index in [1.165, 1.54) is 19.3 Å². The van der Waals surface area contributed by atoms with Gasteiger partial charge in [-0.2, -0.15) is 5.10 Å². The molecule has 0 spiro atoms. The Labute approximate surface area is 161 Å². The molecular formula is C21H29N3O3. The maximum atomic E-state index is 13.1. The number of hydrogen-bond acceptors (Lipinski definition) is 4. The second-order valence-corrected chi connectivity index (χ2v) is 7.90. The maximum absolute atomic E-state index is 13.1. The third kappa shape index (κ3) is 4.49. The van der Waals surface area contributed by atoms with Crippen LogP contribution in [-0.4, -0.2) is 31.2 Å². The van der Waals surface area contributed by atoms with Gasteiger partial charge >= 0.3 is 0 Å². The first-order valence-corrected chi connectivity index (χ1v) is 9.86.